The molecular formula is C26H27BrClNO6. The Kier molecular flexibility index (Phi) is 7.67. The van der Waals surface area contributed by atoms with E-state index in [1.54, 1.807) is 84.0 Å². The molecule has 35 heavy (non-hydrogen) atoms. The minimum Gasteiger partial charge on any atom is -0.476 e. The quantitative estimate of drug-likeness (QED) is 0.299. The van der Waals surface area contributed by atoms with Crippen molar-refractivity contribution in [2.45, 2.75) is 52.7 Å². The third kappa shape index (κ3) is 6.05. The number of imide groups is 1. The molecule has 0 fully saturated rings. The van der Waals surface area contributed by atoms with Crippen molar-refractivity contribution in [3.8, 4) is 5.75 Å². The van der Waals surface area contributed by atoms with E-state index in [1.165, 1.54) is 0 Å². The van der Waals surface area contributed by atoms with Crippen molar-refractivity contribution in [2.24, 2.45) is 0 Å². The van der Waals surface area contributed by atoms with Gasteiger partial charge in [-0.2, -0.15) is 0 Å². The first-order valence-corrected chi connectivity index (χ1v) is 12.2. The minimum absolute atomic E-state index is 0.219. The number of anilines is 1. The number of nitrogens with zero attached hydrogens (tertiary/aromatic N) is 1. The molecule has 186 valence electrons. The molecule has 2 aromatic rings. The molecule has 2 amide bonds. The number of carbonyl (C=O) groups excluding carboxylic acids is 3. The summed E-state index contributed by atoms with van der Waals surface area (Å²) in [7, 11) is 0. The van der Waals surface area contributed by atoms with E-state index < -0.39 is 29.2 Å². The Morgan fingerprint density at radius 3 is 2.40 bits per heavy atom. The van der Waals surface area contributed by atoms with Crippen molar-refractivity contribution in [3.63, 3.8) is 0 Å². The van der Waals surface area contributed by atoms with Crippen LogP contribution in [0, 0.1) is 0 Å². The summed E-state index contributed by atoms with van der Waals surface area (Å²) >= 11 is 9.62. The Hall–Kier alpha value is -2.84. The van der Waals surface area contributed by atoms with Gasteiger partial charge in [-0.15, -0.1) is 0 Å². The molecule has 0 atom stereocenters. The minimum atomic E-state index is -1.27. The molecule has 2 aromatic carbocycles. The normalized spacial score (nSPS) is 14.7. The number of hydrogen-bond acceptors (Lipinski definition) is 6. The first-order chi connectivity index (χ1) is 16.2. The molecule has 1 heterocycles. The number of hydrogen-bond donors (Lipinski definition) is 0. The van der Waals surface area contributed by atoms with Crippen LogP contribution in [0.1, 0.15) is 52.7 Å². The van der Waals surface area contributed by atoms with Crippen LogP contribution in [0.2, 0.25) is 5.02 Å². The SMILES string of the molecule is CCOC(=O)C(C)(C)Oc1ccc(Br)cc1C=C1C(=O)N(C(=O)OC(C)(C)C)c2cc(Cl)ccc21. The molecule has 0 bridgehead atoms. The first kappa shape index (κ1) is 26.8. The van der Waals surface area contributed by atoms with E-state index in [4.69, 9.17) is 25.8 Å². The van der Waals surface area contributed by atoms with Gasteiger partial charge in [0.15, 0.2) is 5.60 Å². The fourth-order valence-electron chi connectivity index (χ4n) is 3.39. The topological polar surface area (TPSA) is 82.1 Å². The van der Waals surface area contributed by atoms with Gasteiger partial charge in [-0.1, -0.05) is 33.6 Å². The maximum absolute atomic E-state index is 13.5. The highest BCUT2D eigenvalue weighted by Gasteiger charge is 2.39. The van der Waals surface area contributed by atoms with Crippen LogP contribution in [0.25, 0.3) is 11.6 Å². The van der Waals surface area contributed by atoms with Gasteiger partial charge in [0, 0.05) is 20.6 Å². The lowest BCUT2D eigenvalue weighted by Crippen LogP contribution is -2.40. The Morgan fingerprint density at radius 1 is 1.09 bits per heavy atom. The second-order valence-electron chi connectivity index (χ2n) is 9.36. The average Bonchev–Trinajstić information content (AvgIpc) is 2.99. The second kappa shape index (κ2) is 10.0. The van der Waals surface area contributed by atoms with Gasteiger partial charge in [0.25, 0.3) is 5.91 Å². The van der Waals surface area contributed by atoms with Crippen molar-refractivity contribution in [2.75, 3.05) is 11.5 Å². The maximum Gasteiger partial charge on any atom is 0.422 e. The highest BCUT2D eigenvalue weighted by atomic mass is 79.9. The molecule has 3 rings (SSSR count). The molecule has 9 heteroatoms. The van der Waals surface area contributed by atoms with Gasteiger partial charge in [0.05, 0.1) is 17.9 Å². The summed E-state index contributed by atoms with van der Waals surface area (Å²) < 4.78 is 17.3. The molecule has 0 aromatic heterocycles. The van der Waals surface area contributed by atoms with Gasteiger partial charge in [0.2, 0.25) is 0 Å². The summed E-state index contributed by atoms with van der Waals surface area (Å²) in [6.45, 7) is 10.3. The Labute approximate surface area is 218 Å². The Bertz CT molecular complexity index is 1210. The molecule has 1 aliphatic rings. The fourth-order valence-corrected chi connectivity index (χ4v) is 3.94. The number of ether oxygens (including phenoxy) is 3. The molecular weight excluding hydrogens is 538 g/mol. The predicted molar refractivity (Wildman–Crippen MR) is 139 cm³/mol. The van der Waals surface area contributed by atoms with Gasteiger partial charge in [-0.3, -0.25) is 4.79 Å². The van der Waals surface area contributed by atoms with E-state index in [-0.39, 0.29) is 12.2 Å². The number of benzene rings is 2. The Morgan fingerprint density at radius 2 is 1.77 bits per heavy atom. The molecule has 7 nitrogen and oxygen atoms in total. The molecule has 0 saturated carbocycles. The number of esters is 1. The number of fused-ring (bicyclic) bond motifs is 1. The van der Waals surface area contributed by atoms with Crippen molar-refractivity contribution in [1.82, 2.24) is 0 Å². The van der Waals surface area contributed by atoms with E-state index in [0.29, 0.717) is 27.6 Å². The van der Waals surface area contributed by atoms with Crippen LogP contribution in [-0.4, -0.2) is 35.8 Å². The molecule has 0 N–H and O–H groups in total. The zero-order valence-corrected chi connectivity index (χ0v) is 22.7. The van der Waals surface area contributed by atoms with Crippen molar-refractivity contribution in [3.05, 3.63) is 57.0 Å². The molecule has 1 aliphatic heterocycles. The van der Waals surface area contributed by atoms with Crippen LogP contribution in [0.5, 0.6) is 5.75 Å². The van der Waals surface area contributed by atoms with E-state index in [2.05, 4.69) is 15.9 Å². The van der Waals surface area contributed by atoms with Crippen molar-refractivity contribution >= 4 is 62.8 Å². The highest BCUT2D eigenvalue weighted by molar-refractivity contribution is 9.10. The van der Waals surface area contributed by atoms with Crippen LogP contribution < -0.4 is 9.64 Å². The van der Waals surface area contributed by atoms with Crippen LogP contribution >= 0.6 is 27.5 Å². The molecule has 0 unspecified atom stereocenters. The molecule has 0 aliphatic carbocycles. The van der Waals surface area contributed by atoms with Gasteiger partial charge in [0.1, 0.15) is 11.4 Å². The van der Waals surface area contributed by atoms with E-state index >= 15 is 0 Å². The monoisotopic (exact) mass is 563 g/mol. The summed E-state index contributed by atoms with van der Waals surface area (Å²) in [5, 5.41) is 0.369. The van der Waals surface area contributed by atoms with Gasteiger partial charge >= 0.3 is 12.1 Å². The summed E-state index contributed by atoms with van der Waals surface area (Å²) in [4.78, 5) is 39.7. The number of amides is 2. The zero-order valence-electron chi connectivity index (χ0n) is 20.4. The Balaban J connectivity index is 2.10. The second-order valence-corrected chi connectivity index (χ2v) is 10.7. The summed E-state index contributed by atoms with van der Waals surface area (Å²) in [6.07, 6.45) is 0.810. The standard InChI is InChI=1S/C26H27BrClNO6/c1-7-33-23(31)26(5,6)34-21-11-8-16(27)12-15(21)13-19-18-10-9-17(28)14-20(18)29(22(19)30)24(32)35-25(2,3)4/h8-14H,7H2,1-6H3. The summed E-state index contributed by atoms with van der Waals surface area (Å²) in [5.74, 6) is -0.723. The van der Waals surface area contributed by atoms with Crippen LogP contribution in [-0.2, 0) is 19.1 Å². The van der Waals surface area contributed by atoms with Crippen molar-refractivity contribution < 1.29 is 28.6 Å². The van der Waals surface area contributed by atoms with Gasteiger partial charge in [-0.05, 0) is 78.0 Å². The van der Waals surface area contributed by atoms with Crippen LogP contribution in [0.15, 0.2) is 40.9 Å². The lowest BCUT2D eigenvalue weighted by molar-refractivity contribution is -0.158. The maximum atomic E-state index is 13.5. The number of rotatable bonds is 5. The summed E-state index contributed by atoms with van der Waals surface area (Å²) in [6, 6.07) is 10.1. The predicted octanol–water partition coefficient (Wildman–Crippen LogP) is 6.65. The van der Waals surface area contributed by atoms with Crippen LogP contribution in [0.4, 0.5) is 10.5 Å². The third-order valence-corrected chi connectivity index (χ3v) is 5.63. The lowest BCUT2D eigenvalue weighted by atomic mass is 10.0. The summed E-state index contributed by atoms with van der Waals surface area (Å²) in [5.41, 5.74) is -0.461. The molecule has 0 saturated heterocycles. The van der Waals surface area contributed by atoms with Gasteiger partial charge in [-0.25, -0.2) is 14.5 Å². The highest BCUT2D eigenvalue weighted by Crippen LogP contribution is 2.41. The van der Waals surface area contributed by atoms with Crippen LogP contribution in [0.3, 0.4) is 0 Å². The van der Waals surface area contributed by atoms with E-state index in [9.17, 15) is 14.4 Å². The smallest absolute Gasteiger partial charge is 0.422 e. The van der Waals surface area contributed by atoms with E-state index in [1.807, 2.05) is 0 Å². The number of carbonyl (C=O) groups is 3. The average molecular weight is 565 g/mol. The van der Waals surface area contributed by atoms with Crippen molar-refractivity contribution in [1.29, 1.82) is 0 Å². The first-order valence-electron chi connectivity index (χ1n) is 11.0. The third-order valence-electron chi connectivity index (χ3n) is 4.90. The largest absolute Gasteiger partial charge is 0.476 e. The number of halogens is 2. The lowest BCUT2D eigenvalue weighted by Gasteiger charge is -2.25. The molecule has 0 radical (unpaired) electrons. The molecule has 0 spiro atoms. The zero-order chi connectivity index (χ0) is 26.1. The van der Waals surface area contributed by atoms with E-state index in [0.717, 1.165) is 9.37 Å². The fraction of sp³-hybridized carbons (Fsp3) is 0.346. The van der Waals surface area contributed by atoms with Gasteiger partial charge < -0.3 is 14.2 Å².